The third kappa shape index (κ3) is 2.51. The summed E-state index contributed by atoms with van der Waals surface area (Å²) >= 11 is 6.64. The fraction of sp³-hybridized carbons (Fsp3) is 0. The van der Waals surface area contributed by atoms with E-state index >= 15 is 0 Å². The number of nitrogen functional groups attached to an aromatic ring is 1. The first kappa shape index (κ1) is 11.3. The maximum Gasteiger partial charge on any atom is 0.167 e. The van der Waals surface area contributed by atoms with E-state index in [0.717, 1.165) is 4.47 Å². The smallest absolute Gasteiger partial charge is 0.167 e. The molecule has 0 aliphatic carbocycles. The summed E-state index contributed by atoms with van der Waals surface area (Å²) in [4.78, 5) is 7.92. The molecular weight excluding hydrogens is 338 g/mol. The van der Waals surface area contributed by atoms with E-state index in [2.05, 4.69) is 41.8 Å². The van der Waals surface area contributed by atoms with E-state index < -0.39 is 0 Å². The van der Waals surface area contributed by atoms with Gasteiger partial charge in [-0.3, -0.25) is 9.97 Å². The van der Waals surface area contributed by atoms with E-state index in [1.54, 1.807) is 24.7 Å². The predicted octanol–water partition coefficient (Wildman–Crippen LogP) is 3.38. The van der Waals surface area contributed by atoms with Crippen molar-refractivity contribution in [1.82, 2.24) is 9.97 Å². The van der Waals surface area contributed by atoms with Crippen LogP contribution in [0.1, 0.15) is 0 Å². The summed E-state index contributed by atoms with van der Waals surface area (Å²) in [7, 11) is 0. The zero-order valence-corrected chi connectivity index (χ0v) is 11.2. The van der Waals surface area contributed by atoms with E-state index in [1.807, 2.05) is 0 Å². The van der Waals surface area contributed by atoms with Crippen molar-refractivity contribution in [3.8, 4) is 11.5 Å². The SMILES string of the molecule is Nc1cncc(Br)c1Oc1cncc(Br)c1. The molecule has 2 heterocycles. The van der Waals surface area contributed by atoms with Crippen molar-refractivity contribution in [2.75, 3.05) is 5.73 Å². The molecule has 6 heteroatoms. The minimum Gasteiger partial charge on any atom is -0.452 e. The van der Waals surface area contributed by atoms with Crippen LogP contribution < -0.4 is 10.5 Å². The van der Waals surface area contributed by atoms with Gasteiger partial charge in [0.2, 0.25) is 0 Å². The highest BCUT2D eigenvalue weighted by Gasteiger charge is 2.07. The second kappa shape index (κ2) is 4.80. The molecular formula is C10H7Br2N3O. The summed E-state index contributed by atoms with van der Waals surface area (Å²) in [6.45, 7) is 0. The first-order valence-corrected chi connectivity index (χ1v) is 5.93. The number of aromatic nitrogens is 2. The first-order valence-electron chi connectivity index (χ1n) is 4.34. The Morgan fingerprint density at radius 3 is 2.50 bits per heavy atom. The lowest BCUT2D eigenvalue weighted by molar-refractivity contribution is 0.478. The van der Waals surface area contributed by atoms with Crippen LogP contribution in [0.2, 0.25) is 0 Å². The number of nitrogens with zero attached hydrogens (tertiary/aromatic N) is 2. The van der Waals surface area contributed by atoms with E-state index in [9.17, 15) is 0 Å². The van der Waals surface area contributed by atoms with E-state index in [0.29, 0.717) is 21.7 Å². The molecule has 0 aliphatic heterocycles. The fourth-order valence-electron chi connectivity index (χ4n) is 1.11. The van der Waals surface area contributed by atoms with Crippen LogP contribution in [0.15, 0.2) is 39.8 Å². The third-order valence-corrected chi connectivity index (χ3v) is 2.78. The Bertz CT molecular complexity index is 499. The number of hydrogen-bond donors (Lipinski definition) is 1. The highest BCUT2D eigenvalue weighted by Crippen LogP contribution is 2.34. The summed E-state index contributed by atoms with van der Waals surface area (Å²) in [6.07, 6.45) is 6.44. The highest BCUT2D eigenvalue weighted by atomic mass is 79.9. The lowest BCUT2D eigenvalue weighted by Gasteiger charge is -2.09. The molecule has 0 aliphatic rings. The largest absolute Gasteiger partial charge is 0.452 e. The van der Waals surface area contributed by atoms with Crippen LogP contribution in [0.5, 0.6) is 11.5 Å². The molecule has 0 bridgehead atoms. The molecule has 0 aromatic carbocycles. The monoisotopic (exact) mass is 343 g/mol. The maximum absolute atomic E-state index is 5.76. The second-order valence-electron chi connectivity index (χ2n) is 2.98. The molecule has 82 valence electrons. The minimum absolute atomic E-state index is 0.467. The zero-order valence-electron chi connectivity index (χ0n) is 8.02. The third-order valence-electron chi connectivity index (χ3n) is 1.78. The summed E-state index contributed by atoms with van der Waals surface area (Å²) < 4.78 is 7.16. The maximum atomic E-state index is 5.76. The average molecular weight is 345 g/mol. The van der Waals surface area contributed by atoms with Crippen molar-refractivity contribution in [2.45, 2.75) is 0 Å². The summed E-state index contributed by atoms with van der Waals surface area (Å²) in [6, 6.07) is 1.80. The number of nitrogens with two attached hydrogens (primary N) is 1. The molecule has 0 amide bonds. The van der Waals surface area contributed by atoms with Crippen molar-refractivity contribution < 1.29 is 4.74 Å². The van der Waals surface area contributed by atoms with E-state index in [1.165, 1.54) is 6.20 Å². The van der Waals surface area contributed by atoms with Crippen molar-refractivity contribution in [1.29, 1.82) is 0 Å². The molecule has 0 atom stereocenters. The van der Waals surface area contributed by atoms with Crippen LogP contribution in [0.3, 0.4) is 0 Å². The van der Waals surface area contributed by atoms with Crippen LogP contribution >= 0.6 is 31.9 Å². The molecule has 0 fully saturated rings. The van der Waals surface area contributed by atoms with Gasteiger partial charge in [0.15, 0.2) is 5.75 Å². The lowest BCUT2D eigenvalue weighted by Crippen LogP contribution is -1.94. The van der Waals surface area contributed by atoms with Gasteiger partial charge in [0, 0.05) is 16.9 Å². The van der Waals surface area contributed by atoms with Crippen LogP contribution in [-0.4, -0.2) is 9.97 Å². The Morgan fingerprint density at radius 2 is 1.81 bits per heavy atom. The van der Waals surface area contributed by atoms with Gasteiger partial charge in [-0.1, -0.05) is 0 Å². The summed E-state index contributed by atoms with van der Waals surface area (Å²) in [5, 5.41) is 0. The number of rotatable bonds is 2. The molecule has 2 N–H and O–H groups in total. The molecule has 0 radical (unpaired) electrons. The molecule has 16 heavy (non-hydrogen) atoms. The van der Waals surface area contributed by atoms with Gasteiger partial charge in [-0.25, -0.2) is 0 Å². The predicted molar refractivity (Wildman–Crippen MR) is 68.4 cm³/mol. The van der Waals surface area contributed by atoms with E-state index in [4.69, 9.17) is 10.5 Å². The zero-order chi connectivity index (χ0) is 11.5. The minimum atomic E-state index is 0.467. The Kier molecular flexibility index (Phi) is 3.40. The van der Waals surface area contributed by atoms with Gasteiger partial charge in [0.25, 0.3) is 0 Å². The molecule has 4 nitrogen and oxygen atoms in total. The van der Waals surface area contributed by atoms with Gasteiger partial charge in [-0.05, 0) is 37.9 Å². The molecule has 2 rings (SSSR count). The molecule has 0 saturated carbocycles. The van der Waals surface area contributed by atoms with Crippen LogP contribution in [0, 0.1) is 0 Å². The number of halogens is 2. The fourth-order valence-corrected chi connectivity index (χ4v) is 1.88. The highest BCUT2D eigenvalue weighted by molar-refractivity contribution is 9.10. The van der Waals surface area contributed by atoms with Crippen molar-refractivity contribution in [3.63, 3.8) is 0 Å². The quantitative estimate of drug-likeness (QED) is 0.907. The number of ether oxygens (including phenoxy) is 1. The molecule has 2 aromatic rings. The van der Waals surface area contributed by atoms with Crippen LogP contribution in [0.4, 0.5) is 5.69 Å². The van der Waals surface area contributed by atoms with E-state index in [-0.39, 0.29) is 0 Å². The topological polar surface area (TPSA) is 61.0 Å². The van der Waals surface area contributed by atoms with Gasteiger partial charge in [-0.15, -0.1) is 0 Å². The number of anilines is 1. The molecule has 0 unspecified atom stereocenters. The van der Waals surface area contributed by atoms with Crippen molar-refractivity contribution in [2.24, 2.45) is 0 Å². The van der Waals surface area contributed by atoms with Gasteiger partial charge in [0.05, 0.1) is 22.6 Å². The molecule has 0 saturated heterocycles. The van der Waals surface area contributed by atoms with Crippen LogP contribution in [0.25, 0.3) is 0 Å². The van der Waals surface area contributed by atoms with Gasteiger partial charge < -0.3 is 10.5 Å². The lowest BCUT2D eigenvalue weighted by atomic mass is 10.4. The summed E-state index contributed by atoms with van der Waals surface area (Å²) in [5.41, 5.74) is 6.22. The Labute approximate surface area is 109 Å². The first-order chi connectivity index (χ1) is 7.66. The Balaban J connectivity index is 2.34. The Hall–Kier alpha value is -1.14. The number of hydrogen-bond acceptors (Lipinski definition) is 4. The van der Waals surface area contributed by atoms with Gasteiger partial charge in [0.1, 0.15) is 5.75 Å². The van der Waals surface area contributed by atoms with Gasteiger partial charge >= 0.3 is 0 Å². The number of pyridine rings is 2. The summed E-state index contributed by atoms with van der Waals surface area (Å²) in [5.74, 6) is 1.14. The van der Waals surface area contributed by atoms with Crippen LogP contribution in [-0.2, 0) is 0 Å². The molecule has 2 aromatic heterocycles. The second-order valence-corrected chi connectivity index (χ2v) is 4.75. The van der Waals surface area contributed by atoms with Crippen molar-refractivity contribution >= 4 is 37.5 Å². The molecule has 0 spiro atoms. The standard InChI is InChI=1S/C10H7Br2N3O/c11-6-1-7(3-14-2-6)16-10-8(12)4-15-5-9(10)13/h1-5H,13H2. The normalized spacial score (nSPS) is 10.1. The Morgan fingerprint density at radius 1 is 1.06 bits per heavy atom. The van der Waals surface area contributed by atoms with Crippen molar-refractivity contribution in [3.05, 3.63) is 39.8 Å². The van der Waals surface area contributed by atoms with Gasteiger partial charge in [-0.2, -0.15) is 0 Å². The average Bonchev–Trinajstić information content (AvgIpc) is 2.24.